The van der Waals surface area contributed by atoms with Gasteiger partial charge in [-0.3, -0.25) is 4.90 Å². The number of aliphatic hydroxyl groups is 1. The van der Waals surface area contributed by atoms with Crippen molar-refractivity contribution >= 4 is 11.6 Å². The Hall–Kier alpha value is -2.33. The summed E-state index contributed by atoms with van der Waals surface area (Å²) in [5.41, 5.74) is 2.20. The Morgan fingerprint density at radius 3 is 2.17 bits per heavy atom. The summed E-state index contributed by atoms with van der Waals surface area (Å²) in [6.07, 6.45) is 1.87. The Morgan fingerprint density at radius 2 is 1.59 bits per heavy atom. The van der Waals surface area contributed by atoms with Gasteiger partial charge in [-0.2, -0.15) is 0 Å². The summed E-state index contributed by atoms with van der Waals surface area (Å²) >= 11 is 6.25. The molecule has 1 heterocycles. The van der Waals surface area contributed by atoms with Gasteiger partial charge in [0.25, 0.3) is 0 Å². The molecule has 0 amide bonds. The van der Waals surface area contributed by atoms with Gasteiger partial charge in [0.2, 0.25) is 0 Å². The van der Waals surface area contributed by atoms with Crippen molar-refractivity contribution in [1.82, 2.24) is 4.90 Å². The van der Waals surface area contributed by atoms with Gasteiger partial charge in [0.05, 0.1) is 0 Å². The third-order valence-electron chi connectivity index (χ3n) is 5.99. The number of rotatable bonds is 5. The summed E-state index contributed by atoms with van der Waals surface area (Å²) < 4.78 is 0. The fraction of sp³-hybridized carbons (Fsp3) is 0.280. The lowest BCUT2D eigenvalue weighted by molar-refractivity contribution is -0.00672. The topological polar surface area (TPSA) is 43.7 Å². The summed E-state index contributed by atoms with van der Waals surface area (Å²) in [5.74, 6) is 0.281. The first-order valence-corrected chi connectivity index (χ1v) is 10.4. The van der Waals surface area contributed by atoms with Gasteiger partial charge in [-0.15, -0.1) is 0 Å². The third-order valence-corrected chi connectivity index (χ3v) is 6.21. The van der Waals surface area contributed by atoms with Crippen molar-refractivity contribution in [3.8, 4) is 5.75 Å². The van der Waals surface area contributed by atoms with Crippen LogP contribution in [0.2, 0.25) is 5.02 Å². The molecule has 4 heteroatoms. The predicted octanol–water partition coefficient (Wildman–Crippen LogP) is 5.25. The molecule has 1 aliphatic heterocycles. The van der Waals surface area contributed by atoms with Gasteiger partial charge in [-0.05, 0) is 55.1 Å². The van der Waals surface area contributed by atoms with Gasteiger partial charge in [-0.1, -0.05) is 72.3 Å². The number of hydrogen-bond acceptors (Lipinski definition) is 3. The van der Waals surface area contributed by atoms with Crippen molar-refractivity contribution in [3.05, 3.63) is 100 Å². The summed E-state index contributed by atoms with van der Waals surface area (Å²) in [7, 11) is 0. The van der Waals surface area contributed by atoms with E-state index in [-0.39, 0.29) is 11.8 Å². The van der Waals surface area contributed by atoms with Crippen LogP contribution in [0.1, 0.15) is 35.1 Å². The Bertz CT molecular complexity index is 935. The van der Waals surface area contributed by atoms with Crippen molar-refractivity contribution in [2.45, 2.75) is 38.0 Å². The summed E-state index contributed by atoms with van der Waals surface area (Å²) in [6.45, 7) is 3.26. The maximum absolute atomic E-state index is 12.2. The lowest BCUT2D eigenvalue weighted by Gasteiger charge is -2.40. The third kappa shape index (κ3) is 3.78. The predicted molar refractivity (Wildman–Crippen MR) is 117 cm³/mol. The van der Waals surface area contributed by atoms with E-state index >= 15 is 0 Å². The molecule has 0 unspecified atom stereocenters. The van der Waals surface area contributed by atoms with Gasteiger partial charge < -0.3 is 10.2 Å². The smallest absolute Gasteiger partial charge is 0.130 e. The molecule has 0 aromatic heterocycles. The summed E-state index contributed by atoms with van der Waals surface area (Å²) in [6, 6.07) is 23.3. The molecular formula is C25H26ClNO2. The second-order valence-corrected chi connectivity index (χ2v) is 8.29. The molecule has 1 fully saturated rings. The lowest BCUT2D eigenvalue weighted by atomic mass is 9.79. The average molecular weight is 408 g/mol. The molecule has 4 rings (SSSR count). The van der Waals surface area contributed by atoms with Crippen LogP contribution >= 0.6 is 11.6 Å². The number of hydrogen-bond donors (Lipinski definition) is 2. The van der Waals surface area contributed by atoms with Crippen LogP contribution in [0.3, 0.4) is 0 Å². The number of aryl methyl sites for hydroxylation is 1. The number of phenolic OH excluding ortho intramolecular Hbond substituents is 1. The van der Waals surface area contributed by atoms with Gasteiger partial charge in [0, 0.05) is 23.2 Å². The van der Waals surface area contributed by atoms with Gasteiger partial charge in [0.15, 0.2) is 0 Å². The van der Waals surface area contributed by atoms with Gasteiger partial charge >= 0.3 is 0 Å². The van der Waals surface area contributed by atoms with E-state index < -0.39 is 5.60 Å². The maximum atomic E-state index is 12.2. The summed E-state index contributed by atoms with van der Waals surface area (Å²) in [4.78, 5) is 2.27. The van der Waals surface area contributed by atoms with Crippen LogP contribution < -0.4 is 0 Å². The minimum atomic E-state index is -1.14. The van der Waals surface area contributed by atoms with E-state index in [1.54, 1.807) is 6.07 Å². The van der Waals surface area contributed by atoms with Crippen molar-refractivity contribution in [2.24, 2.45) is 0 Å². The molecule has 0 saturated carbocycles. The first-order valence-electron chi connectivity index (χ1n) is 10.1. The quantitative estimate of drug-likeness (QED) is 0.606. The van der Waals surface area contributed by atoms with E-state index in [4.69, 9.17) is 11.6 Å². The Morgan fingerprint density at radius 1 is 1.00 bits per heavy atom. The first kappa shape index (κ1) is 20.0. The summed E-state index contributed by atoms with van der Waals surface area (Å²) in [5, 5.41) is 23.3. The number of phenols is 1. The molecule has 0 aliphatic carbocycles. The highest BCUT2D eigenvalue weighted by atomic mass is 35.5. The van der Waals surface area contributed by atoms with Crippen LogP contribution in [-0.2, 0) is 12.1 Å². The molecule has 0 bridgehead atoms. The number of aromatic hydroxyl groups is 1. The standard InChI is InChI=1S/C25H26ClNO2/c1-18-15-22(26)16-19(24(18)28)17-27-14-8-13-23(27)25(29,20-9-4-2-5-10-20)21-11-6-3-7-12-21/h2-7,9-12,15-16,23,28-29H,8,13-14,17H2,1H3/t23-/m1/s1. The molecule has 150 valence electrons. The molecule has 3 aromatic rings. The molecule has 2 N–H and O–H groups in total. The number of halogens is 1. The van der Waals surface area contributed by atoms with Crippen LogP contribution in [0.25, 0.3) is 0 Å². The zero-order valence-electron chi connectivity index (χ0n) is 16.6. The van der Waals surface area contributed by atoms with E-state index in [1.807, 2.05) is 73.7 Å². The molecule has 3 aromatic carbocycles. The molecule has 0 spiro atoms. The fourth-order valence-corrected chi connectivity index (χ4v) is 4.86. The average Bonchev–Trinajstić information content (AvgIpc) is 3.21. The fourth-order valence-electron chi connectivity index (χ4n) is 4.57. The molecule has 29 heavy (non-hydrogen) atoms. The molecule has 0 radical (unpaired) electrons. The first-order chi connectivity index (χ1) is 14.0. The second kappa shape index (κ2) is 8.19. The molecule has 1 saturated heterocycles. The van der Waals surface area contributed by atoms with Gasteiger partial charge in [0.1, 0.15) is 11.4 Å². The Labute approximate surface area is 177 Å². The SMILES string of the molecule is Cc1cc(Cl)cc(CN2CCC[C@@H]2C(O)(c2ccccc2)c2ccccc2)c1O. The molecule has 3 nitrogen and oxygen atoms in total. The highest BCUT2D eigenvalue weighted by molar-refractivity contribution is 6.30. The monoisotopic (exact) mass is 407 g/mol. The number of nitrogens with zero attached hydrogens (tertiary/aromatic N) is 1. The largest absolute Gasteiger partial charge is 0.507 e. The maximum Gasteiger partial charge on any atom is 0.130 e. The lowest BCUT2D eigenvalue weighted by Crippen LogP contribution is -2.48. The van der Waals surface area contributed by atoms with Gasteiger partial charge in [-0.25, -0.2) is 0 Å². The zero-order valence-corrected chi connectivity index (χ0v) is 17.3. The van der Waals surface area contributed by atoms with Crippen LogP contribution in [0.15, 0.2) is 72.8 Å². The minimum absolute atomic E-state index is 0.106. The van der Waals surface area contributed by atoms with Crippen molar-refractivity contribution in [1.29, 1.82) is 0 Å². The Balaban J connectivity index is 1.75. The highest BCUT2D eigenvalue weighted by Gasteiger charge is 2.45. The van der Waals surface area contributed by atoms with E-state index in [0.29, 0.717) is 11.6 Å². The van der Waals surface area contributed by atoms with E-state index in [9.17, 15) is 10.2 Å². The van der Waals surface area contributed by atoms with Crippen LogP contribution in [-0.4, -0.2) is 27.7 Å². The number of benzene rings is 3. The number of likely N-dealkylation sites (tertiary alicyclic amines) is 1. The molecule has 1 aliphatic rings. The van der Waals surface area contributed by atoms with Crippen LogP contribution in [0.4, 0.5) is 0 Å². The minimum Gasteiger partial charge on any atom is -0.507 e. The zero-order chi connectivity index (χ0) is 20.4. The van der Waals surface area contributed by atoms with Crippen LogP contribution in [0.5, 0.6) is 5.75 Å². The van der Waals surface area contributed by atoms with Crippen molar-refractivity contribution in [2.75, 3.05) is 6.54 Å². The van der Waals surface area contributed by atoms with Crippen molar-refractivity contribution in [3.63, 3.8) is 0 Å². The Kier molecular flexibility index (Phi) is 5.64. The molecule has 1 atom stereocenters. The molecular weight excluding hydrogens is 382 g/mol. The second-order valence-electron chi connectivity index (χ2n) is 7.86. The van der Waals surface area contributed by atoms with E-state index in [2.05, 4.69) is 4.90 Å². The van der Waals surface area contributed by atoms with Crippen molar-refractivity contribution < 1.29 is 10.2 Å². The van der Waals surface area contributed by atoms with E-state index in [0.717, 1.165) is 41.6 Å². The highest BCUT2D eigenvalue weighted by Crippen LogP contribution is 2.41. The van der Waals surface area contributed by atoms with E-state index in [1.165, 1.54) is 0 Å². The normalized spacial score (nSPS) is 17.6. The van der Waals surface area contributed by atoms with Crippen LogP contribution in [0, 0.1) is 6.92 Å².